The van der Waals surface area contributed by atoms with E-state index in [-0.39, 0.29) is 17.8 Å². The molecule has 1 aliphatic rings. The second-order valence-corrected chi connectivity index (χ2v) is 3.89. The maximum absolute atomic E-state index is 11.6. The molecule has 1 aromatic carbocycles. The van der Waals surface area contributed by atoms with Crippen molar-refractivity contribution in [3.05, 3.63) is 34.4 Å². The van der Waals surface area contributed by atoms with Crippen molar-refractivity contribution in [2.45, 2.75) is 19.4 Å². The summed E-state index contributed by atoms with van der Waals surface area (Å²) in [6.45, 7) is 2.62. The molecule has 1 unspecified atom stereocenters. The highest BCUT2D eigenvalue weighted by Crippen LogP contribution is 2.24. The number of carbonyl (C=O) groups excluding carboxylic acids is 1. The molecule has 1 aliphatic heterocycles. The molecule has 0 aliphatic carbocycles. The quantitative estimate of drug-likeness (QED) is 0.642. The van der Waals surface area contributed by atoms with Gasteiger partial charge in [-0.3, -0.25) is 15.0 Å². The third kappa shape index (κ3) is 2.06. The van der Waals surface area contributed by atoms with E-state index in [1.165, 1.54) is 12.1 Å². The summed E-state index contributed by atoms with van der Waals surface area (Å²) >= 11 is 0. The molecule has 1 N–H and O–H groups in total. The van der Waals surface area contributed by atoms with Gasteiger partial charge >= 0.3 is 6.03 Å². The van der Waals surface area contributed by atoms with Crippen LogP contribution in [0.25, 0.3) is 0 Å². The highest BCUT2D eigenvalue weighted by molar-refractivity contribution is 5.95. The highest BCUT2D eigenvalue weighted by atomic mass is 16.6. The molecule has 2 amide bonds. The smallest absolute Gasteiger partial charge is 0.322 e. The van der Waals surface area contributed by atoms with Crippen molar-refractivity contribution in [2.24, 2.45) is 0 Å². The van der Waals surface area contributed by atoms with E-state index in [1.807, 2.05) is 6.92 Å². The minimum Gasteiger partial charge on any atom is -0.336 e. The van der Waals surface area contributed by atoms with Crippen LogP contribution in [-0.2, 0) is 0 Å². The number of nitrogens with zero attached hydrogens (tertiary/aromatic N) is 2. The average Bonchev–Trinajstić information content (AvgIpc) is 2.70. The lowest BCUT2D eigenvalue weighted by Crippen LogP contribution is -2.33. The number of rotatable bonds is 3. The van der Waals surface area contributed by atoms with Crippen LogP contribution in [0.2, 0.25) is 0 Å². The molecule has 0 aromatic heterocycles. The molecule has 0 saturated carbocycles. The molecule has 1 aromatic rings. The molecule has 1 fully saturated rings. The number of benzene rings is 1. The number of amides is 2. The monoisotopic (exact) mass is 235 g/mol. The molecule has 6 heteroatoms. The van der Waals surface area contributed by atoms with Crippen molar-refractivity contribution in [2.75, 3.05) is 11.4 Å². The maximum atomic E-state index is 11.6. The van der Waals surface area contributed by atoms with E-state index in [0.717, 1.165) is 6.42 Å². The van der Waals surface area contributed by atoms with Gasteiger partial charge in [0, 0.05) is 24.4 Å². The Labute approximate surface area is 98.4 Å². The highest BCUT2D eigenvalue weighted by Gasteiger charge is 2.30. The van der Waals surface area contributed by atoms with E-state index < -0.39 is 4.92 Å². The van der Waals surface area contributed by atoms with Gasteiger partial charge in [-0.1, -0.05) is 6.92 Å². The van der Waals surface area contributed by atoms with Gasteiger partial charge < -0.3 is 5.32 Å². The Bertz CT molecular complexity index is 444. The first-order valence-corrected chi connectivity index (χ1v) is 5.45. The lowest BCUT2D eigenvalue weighted by molar-refractivity contribution is -0.384. The van der Waals surface area contributed by atoms with Crippen molar-refractivity contribution in [3.8, 4) is 0 Å². The van der Waals surface area contributed by atoms with Crippen LogP contribution in [0.5, 0.6) is 0 Å². The predicted octanol–water partition coefficient (Wildman–Crippen LogP) is 1.90. The second kappa shape index (κ2) is 4.40. The maximum Gasteiger partial charge on any atom is 0.322 e. The van der Waals surface area contributed by atoms with Crippen LogP contribution >= 0.6 is 0 Å². The van der Waals surface area contributed by atoms with Crippen LogP contribution in [0.15, 0.2) is 24.3 Å². The van der Waals surface area contributed by atoms with E-state index in [1.54, 1.807) is 17.0 Å². The topological polar surface area (TPSA) is 75.5 Å². The van der Waals surface area contributed by atoms with Gasteiger partial charge in [0.25, 0.3) is 5.69 Å². The summed E-state index contributed by atoms with van der Waals surface area (Å²) in [5.74, 6) is 0. The Morgan fingerprint density at radius 3 is 2.65 bits per heavy atom. The van der Waals surface area contributed by atoms with Crippen LogP contribution in [0, 0.1) is 10.1 Å². The second-order valence-electron chi connectivity index (χ2n) is 3.89. The third-order valence-corrected chi connectivity index (χ3v) is 2.88. The molecule has 2 rings (SSSR count). The van der Waals surface area contributed by atoms with E-state index >= 15 is 0 Å². The van der Waals surface area contributed by atoms with Gasteiger partial charge in [0.2, 0.25) is 0 Å². The van der Waals surface area contributed by atoms with Gasteiger partial charge in [-0.15, -0.1) is 0 Å². The number of carbonyl (C=O) groups is 1. The summed E-state index contributed by atoms with van der Waals surface area (Å²) in [5.41, 5.74) is 0.721. The zero-order valence-electron chi connectivity index (χ0n) is 9.42. The van der Waals surface area contributed by atoms with Gasteiger partial charge in [-0.25, -0.2) is 4.79 Å². The fourth-order valence-electron chi connectivity index (χ4n) is 1.94. The fourth-order valence-corrected chi connectivity index (χ4v) is 1.94. The van der Waals surface area contributed by atoms with E-state index in [0.29, 0.717) is 12.2 Å². The standard InChI is InChI=1S/C11H13N3O3/c1-2-8-7-12-11(15)13(8)9-3-5-10(6-4-9)14(16)17/h3-6,8H,2,7H2,1H3,(H,12,15). The predicted molar refractivity (Wildman–Crippen MR) is 63.1 cm³/mol. The van der Waals surface area contributed by atoms with E-state index in [9.17, 15) is 14.9 Å². The van der Waals surface area contributed by atoms with Crippen molar-refractivity contribution in [1.82, 2.24) is 5.32 Å². The van der Waals surface area contributed by atoms with Gasteiger partial charge in [0.05, 0.1) is 11.0 Å². The first kappa shape index (κ1) is 11.4. The lowest BCUT2D eigenvalue weighted by Gasteiger charge is -2.21. The van der Waals surface area contributed by atoms with Gasteiger partial charge in [-0.05, 0) is 18.6 Å². The molecule has 0 radical (unpaired) electrons. The van der Waals surface area contributed by atoms with Crippen molar-refractivity contribution < 1.29 is 9.72 Å². The number of nitro benzene ring substituents is 1. The summed E-state index contributed by atoms with van der Waals surface area (Å²) in [7, 11) is 0. The van der Waals surface area contributed by atoms with Crippen LogP contribution in [0.3, 0.4) is 0 Å². The minimum absolute atomic E-state index is 0.0291. The lowest BCUT2D eigenvalue weighted by atomic mass is 10.2. The summed E-state index contributed by atoms with van der Waals surface area (Å²) in [4.78, 5) is 23.4. The Kier molecular flexibility index (Phi) is 2.95. The molecule has 0 bridgehead atoms. The van der Waals surface area contributed by atoms with E-state index in [2.05, 4.69) is 5.32 Å². The largest absolute Gasteiger partial charge is 0.336 e. The summed E-state index contributed by atoms with van der Waals surface area (Å²) in [6.07, 6.45) is 0.843. The van der Waals surface area contributed by atoms with E-state index in [4.69, 9.17) is 0 Å². The Balaban J connectivity index is 2.27. The summed E-state index contributed by atoms with van der Waals surface area (Å²) in [6, 6.07) is 5.99. The molecule has 90 valence electrons. The number of anilines is 1. The molecule has 1 heterocycles. The molecule has 1 atom stereocenters. The average molecular weight is 235 g/mol. The number of hydrogen-bond acceptors (Lipinski definition) is 3. The van der Waals surface area contributed by atoms with Crippen LogP contribution in [0.4, 0.5) is 16.2 Å². The summed E-state index contributed by atoms with van der Waals surface area (Å²) in [5, 5.41) is 13.3. The minimum atomic E-state index is -0.453. The first-order valence-electron chi connectivity index (χ1n) is 5.45. The molecular formula is C11H13N3O3. The Hall–Kier alpha value is -2.11. The number of nitro groups is 1. The number of non-ortho nitro benzene ring substituents is 1. The summed E-state index contributed by atoms with van der Waals surface area (Å²) < 4.78 is 0. The molecule has 0 spiro atoms. The molecule has 1 saturated heterocycles. The van der Waals surface area contributed by atoms with Gasteiger partial charge in [0.15, 0.2) is 0 Å². The molecular weight excluding hydrogens is 222 g/mol. The van der Waals surface area contributed by atoms with Crippen LogP contribution in [-0.4, -0.2) is 23.5 Å². The molecule has 17 heavy (non-hydrogen) atoms. The van der Waals surface area contributed by atoms with Crippen molar-refractivity contribution in [1.29, 1.82) is 0 Å². The molecule has 6 nitrogen and oxygen atoms in total. The van der Waals surface area contributed by atoms with Crippen molar-refractivity contribution >= 4 is 17.4 Å². The zero-order chi connectivity index (χ0) is 12.4. The first-order chi connectivity index (χ1) is 8.13. The zero-order valence-corrected chi connectivity index (χ0v) is 9.42. The number of hydrogen-bond donors (Lipinski definition) is 1. The van der Waals surface area contributed by atoms with Crippen LogP contribution < -0.4 is 10.2 Å². The number of nitrogens with one attached hydrogen (secondary N) is 1. The number of urea groups is 1. The Morgan fingerprint density at radius 1 is 1.47 bits per heavy atom. The Morgan fingerprint density at radius 2 is 2.12 bits per heavy atom. The van der Waals surface area contributed by atoms with Crippen molar-refractivity contribution in [3.63, 3.8) is 0 Å². The fraction of sp³-hybridized carbons (Fsp3) is 0.364. The normalized spacial score (nSPS) is 19.2. The van der Waals surface area contributed by atoms with Crippen LogP contribution in [0.1, 0.15) is 13.3 Å². The van der Waals surface area contributed by atoms with Gasteiger partial charge in [-0.2, -0.15) is 0 Å². The SMILES string of the molecule is CCC1CNC(=O)N1c1ccc([N+](=O)[O-])cc1. The third-order valence-electron chi connectivity index (χ3n) is 2.88. The van der Waals surface area contributed by atoms with Gasteiger partial charge in [0.1, 0.15) is 0 Å².